The molecular weight excluding hydrogens is 314 g/mol. The summed E-state index contributed by atoms with van der Waals surface area (Å²) in [5, 5.41) is 0. The van der Waals surface area contributed by atoms with Crippen molar-refractivity contribution in [2.45, 2.75) is 6.54 Å². The quantitative estimate of drug-likeness (QED) is 0.731. The van der Waals surface area contributed by atoms with Gasteiger partial charge in [-0.3, -0.25) is 4.79 Å². The molecule has 1 amide bonds. The van der Waals surface area contributed by atoms with Crippen molar-refractivity contribution >= 4 is 23.2 Å². The Labute approximate surface area is 139 Å². The number of esters is 1. The van der Waals surface area contributed by atoms with Gasteiger partial charge in [0.2, 0.25) is 0 Å². The first-order valence-corrected chi connectivity index (χ1v) is 7.97. The van der Waals surface area contributed by atoms with Crippen molar-refractivity contribution in [2.75, 3.05) is 27.4 Å². The van der Waals surface area contributed by atoms with Crippen molar-refractivity contribution in [1.82, 2.24) is 4.90 Å². The minimum Gasteiger partial charge on any atom is -0.465 e. The van der Waals surface area contributed by atoms with Crippen molar-refractivity contribution in [3.63, 3.8) is 0 Å². The Morgan fingerprint density at radius 1 is 1.04 bits per heavy atom. The first-order chi connectivity index (χ1) is 11.2. The molecule has 0 aliphatic heterocycles. The van der Waals surface area contributed by atoms with E-state index in [1.807, 2.05) is 30.3 Å². The van der Waals surface area contributed by atoms with Gasteiger partial charge in [0.25, 0.3) is 5.91 Å². The van der Waals surface area contributed by atoms with Crippen molar-refractivity contribution in [3.8, 4) is 0 Å². The molecule has 0 aliphatic carbocycles. The lowest BCUT2D eigenvalue weighted by atomic mass is 10.2. The summed E-state index contributed by atoms with van der Waals surface area (Å²) in [5.74, 6) is -0.549. The number of ether oxygens (including phenoxy) is 2. The smallest absolute Gasteiger partial charge is 0.348 e. The predicted molar refractivity (Wildman–Crippen MR) is 88.7 cm³/mol. The van der Waals surface area contributed by atoms with Crippen LogP contribution in [0.4, 0.5) is 0 Å². The maximum Gasteiger partial charge on any atom is 0.348 e. The van der Waals surface area contributed by atoms with Gasteiger partial charge in [-0.25, -0.2) is 4.79 Å². The molecule has 0 spiro atoms. The molecule has 5 nitrogen and oxygen atoms in total. The Morgan fingerprint density at radius 2 is 1.74 bits per heavy atom. The van der Waals surface area contributed by atoms with Gasteiger partial charge < -0.3 is 14.4 Å². The van der Waals surface area contributed by atoms with E-state index < -0.39 is 5.97 Å². The van der Waals surface area contributed by atoms with E-state index in [0.29, 0.717) is 29.5 Å². The third-order valence-electron chi connectivity index (χ3n) is 3.27. The molecule has 1 heterocycles. The Balaban J connectivity index is 2.15. The van der Waals surface area contributed by atoms with Gasteiger partial charge in [0, 0.05) is 20.2 Å². The van der Waals surface area contributed by atoms with Gasteiger partial charge in [-0.05, 0) is 17.7 Å². The number of carbonyl (C=O) groups is 2. The van der Waals surface area contributed by atoms with Gasteiger partial charge in [0.05, 0.1) is 18.6 Å². The molecule has 0 saturated carbocycles. The Bertz CT molecular complexity index is 654. The van der Waals surface area contributed by atoms with E-state index in [0.717, 1.165) is 16.9 Å². The van der Waals surface area contributed by atoms with Crippen LogP contribution >= 0.6 is 11.3 Å². The van der Waals surface area contributed by atoms with E-state index in [-0.39, 0.29) is 5.91 Å². The van der Waals surface area contributed by atoms with Crippen LogP contribution in [-0.2, 0) is 16.0 Å². The summed E-state index contributed by atoms with van der Waals surface area (Å²) in [6.45, 7) is 1.43. The zero-order chi connectivity index (χ0) is 16.7. The number of methoxy groups -OCH3 is 2. The fourth-order valence-electron chi connectivity index (χ4n) is 2.08. The van der Waals surface area contributed by atoms with Gasteiger partial charge in [-0.2, -0.15) is 0 Å². The SMILES string of the molecule is COCCN(Cc1ccccc1)C(=O)c1ccc(C(=O)OC)s1. The van der Waals surface area contributed by atoms with Crippen LogP contribution in [0.25, 0.3) is 0 Å². The molecule has 1 aromatic heterocycles. The molecule has 0 unspecified atom stereocenters. The van der Waals surface area contributed by atoms with Crippen molar-refractivity contribution in [1.29, 1.82) is 0 Å². The highest BCUT2D eigenvalue weighted by Crippen LogP contribution is 2.20. The molecule has 2 rings (SSSR count). The Morgan fingerprint density at radius 3 is 2.39 bits per heavy atom. The number of rotatable bonds is 7. The monoisotopic (exact) mass is 333 g/mol. The van der Waals surface area contributed by atoms with Crippen LogP contribution in [0, 0.1) is 0 Å². The highest BCUT2D eigenvalue weighted by atomic mass is 32.1. The number of hydrogen-bond acceptors (Lipinski definition) is 5. The second-order valence-electron chi connectivity index (χ2n) is 4.86. The average molecular weight is 333 g/mol. The summed E-state index contributed by atoms with van der Waals surface area (Å²) in [6.07, 6.45) is 0. The summed E-state index contributed by atoms with van der Waals surface area (Å²) in [6, 6.07) is 13.0. The molecule has 0 N–H and O–H groups in total. The second kappa shape index (κ2) is 8.45. The number of nitrogens with zero attached hydrogens (tertiary/aromatic N) is 1. The average Bonchev–Trinajstić information content (AvgIpc) is 3.08. The van der Waals surface area contributed by atoms with Crippen molar-refractivity contribution in [2.24, 2.45) is 0 Å². The molecule has 0 saturated heterocycles. The van der Waals surface area contributed by atoms with Crippen molar-refractivity contribution in [3.05, 3.63) is 57.8 Å². The highest BCUT2D eigenvalue weighted by molar-refractivity contribution is 7.15. The van der Waals surface area contributed by atoms with E-state index in [9.17, 15) is 9.59 Å². The first kappa shape index (κ1) is 17.2. The number of thiophene rings is 1. The van der Waals surface area contributed by atoms with E-state index >= 15 is 0 Å². The standard InChI is InChI=1S/C17H19NO4S/c1-21-11-10-18(12-13-6-4-3-5-7-13)16(19)14-8-9-15(23-14)17(20)22-2/h3-9H,10-12H2,1-2H3. The molecule has 0 radical (unpaired) electrons. The normalized spacial score (nSPS) is 10.3. The molecular formula is C17H19NO4S. The largest absolute Gasteiger partial charge is 0.465 e. The molecule has 2 aromatic rings. The minimum absolute atomic E-state index is 0.119. The molecule has 0 aliphatic rings. The van der Waals surface area contributed by atoms with E-state index in [1.165, 1.54) is 7.11 Å². The molecule has 0 fully saturated rings. The van der Waals surface area contributed by atoms with Gasteiger partial charge in [-0.15, -0.1) is 11.3 Å². The molecule has 6 heteroatoms. The van der Waals surface area contributed by atoms with Crippen LogP contribution in [0.15, 0.2) is 42.5 Å². The first-order valence-electron chi connectivity index (χ1n) is 7.16. The minimum atomic E-state index is -0.430. The number of amides is 1. The lowest BCUT2D eigenvalue weighted by Crippen LogP contribution is -2.33. The second-order valence-corrected chi connectivity index (χ2v) is 5.94. The van der Waals surface area contributed by atoms with Gasteiger partial charge in [0.1, 0.15) is 4.88 Å². The van der Waals surface area contributed by atoms with Gasteiger partial charge >= 0.3 is 5.97 Å². The number of benzene rings is 1. The van der Waals surface area contributed by atoms with Crippen LogP contribution in [-0.4, -0.2) is 44.1 Å². The zero-order valence-electron chi connectivity index (χ0n) is 13.2. The Hall–Kier alpha value is -2.18. The lowest BCUT2D eigenvalue weighted by Gasteiger charge is -2.22. The fourth-order valence-corrected chi connectivity index (χ4v) is 2.97. The molecule has 122 valence electrons. The van der Waals surface area contributed by atoms with Crippen LogP contribution in [0.1, 0.15) is 24.9 Å². The zero-order valence-corrected chi connectivity index (χ0v) is 14.0. The summed E-state index contributed by atoms with van der Waals surface area (Å²) < 4.78 is 9.77. The van der Waals surface area contributed by atoms with Crippen LogP contribution in [0.3, 0.4) is 0 Å². The predicted octanol–water partition coefficient (Wildman–Crippen LogP) is 2.82. The van der Waals surface area contributed by atoms with Crippen molar-refractivity contribution < 1.29 is 19.1 Å². The van der Waals surface area contributed by atoms with E-state index in [1.54, 1.807) is 24.1 Å². The molecule has 1 aromatic carbocycles. The maximum atomic E-state index is 12.7. The molecule has 0 bridgehead atoms. The maximum absolute atomic E-state index is 12.7. The summed E-state index contributed by atoms with van der Waals surface area (Å²) in [7, 11) is 2.93. The fraction of sp³-hybridized carbons (Fsp3) is 0.294. The van der Waals surface area contributed by atoms with Gasteiger partial charge in [-0.1, -0.05) is 30.3 Å². The Kier molecular flexibility index (Phi) is 6.31. The number of carbonyl (C=O) groups excluding carboxylic acids is 2. The highest BCUT2D eigenvalue weighted by Gasteiger charge is 2.20. The van der Waals surface area contributed by atoms with Gasteiger partial charge in [0.15, 0.2) is 0 Å². The summed E-state index contributed by atoms with van der Waals surface area (Å²) >= 11 is 1.14. The summed E-state index contributed by atoms with van der Waals surface area (Å²) in [4.78, 5) is 26.9. The summed E-state index contributed by atoms with van der Waals surface area (Å²) in [5.41, 5.74) is 1.04. The molecule has 0 atom stereocenters. The van der Waals surface area contributed by atoms with E-state index in [4.69, 9.17) is 4.74 Å². The lowest BCUT2D eigenvalue weighted by molar-refractivity contribution is 0.0606. The van der Waals surface area contributed by atoms with Crippen LogP contribution < -0.4 is 0 Å². The van der Waals surface area contributed by atoms with Crippen LogP contribution in [0.2, 0.25) is 0 Å². The third-order valence-corrected chi connectivity index (χ3v) is 4.33. The van der Waals surface area contributed by atoms with E-state index in [2.05, 4.69) is 4.74 Å². The third kappa shape index (κ3) is 4.64. The topological polar surface area (TPSA) is 55.8 Å². The van der Waals surface area contributed by atoms with Crippen LogP contribution in [0.5, 0.6) is 0 Å². The molecule has 23 heavy (non-hydrogen) atoms. The number of hydrogen-bond donors (Lipinski definition) is 0.